The SMILES string of the molecule is O=C(/C=C/c1ccccc1)Oc1ccc(C(=O)/C=C\c2ccc(Cl)cc2)cc1. The predicted molar refractivity (Wildman–Crippen MR) is 112 cm³/mol. The summed E-state index contributed by atoms with van der Waals surface area (Å²) in [5.74, 6) is -0.247. The van der Waals surface area contributed by atoms with Gasteiger partial charge in [0, 0.05) is 16.7 Å². The monoisotopic (exact) mass is 388 g/mol. The number of carbonyl (C=O) groups is 2. The molecule has 0 fully saturated rings. The minimum Gasteiger partial charge on any atom is -0.423 e. The molecule has 4 heteroatoms. The van der Waals surface area contributed by atoms with Crippen LogP contribution in [-0.2, 0) is 4.79 Å². The zero-order valence-electron chi connectivity index (χ0n) is 14.9. The molecule has 0 aliphatic heterocycles. The Hall–Kier alpha value is -3.43. The number of ether oxygens (including phenoxy) is 1. The number of carbonyl (C=O) groups excluding carboxylic acids is 2. The summed E-state index contributed by atoms with van der Waals surface area (Å²) in [6, 6.07) is 23.1. The molecule has 0 aliphatic carbocycles. The highest BCUT2D eigenvalue weighted by Gasteiger charge is 2.04. The molecule has 0 radical (unpaired) electrons. The van der Waals surface area contributed by atoms with Gasteiger partial charge in [-0.3, -0.25) is 4.79 Å². The van der Waals surface area contributed by atoms with E-state index in [0.29, 0.717) is 16.3 Å². The van der Waals surface area contributed by atoms with E-state index in [1.807, 2.05) is 42.5 Å². The topological polar surface area (TPSA) is 43.4 Å². The van der Waals surface area contributed by atoms with E-state index < -0.39 is 5.97 Å². The van der Waals surface area contributed by atoms with Crippen LogP contribution in [0, 0.1) is 0 Å². The first-order chi connectivity index (χ1) is 13.6. The van der Waals surface area contributed by atoms with Gasteiger partial charge in [-0.1, -0.05) is 60.1 Å². The highest BCUT2D eigenvalue weighted by molar-refractivity contribution is 6.30. The van der Waals surface area contributed by atoms with E-state index in [1.165, 1.54) is 12.2 Å². The molecular formula is C24H17ClO3. The van der Waals surface area contributed by atoms with Gasteiger partial charge in [-0.05, 0) is 59.7 Å². The number of rotatable bonds is 6. The van der Waals surface area contributed by atoms with Crippen LogP contribution in [0.15, 0.2) is 91.0 Å². The molecule has 0 aliphatic rings. The Morgan fingerprint density at radius 1 is 0.714 bits per heavy atom. The maximum absolute atomic E-state index is 12.2. The predicted octanol–water partition coefficient (Wildman–Crippen LogP) is 5.85. The summed E-state index contributed by atoms with van der Waals surface area (Å²) in [4.78, 5) is 24.1. The summed E-state index contributed by atoms with van der Waals surface area (Å²) in [5.41, 5.74) is 2.30. The van der Waals surface area contributed by atoms with Crippen molar-refractivity contribution in [2.45, 2.75) is 0 Å². The fourth-order valence-electron chi connectivity index (χ4n) is 2.41. The maximum Gasteiger partial charge on any atom is 0.336 e. The third-order valence-electron chi connectivity index (χ3n) is 3.87. The van der Waals surface area contributed by atoms with Gasteiger partial charge >= 0.3 is 5.97 Å². The van der Waals surface area contributed by atoms with Gasteiger partial charge in [-0.15, -0.1) is 0 Å². The Labute approximate surface area is 168 Å². The average Bonchev–Trinajstić information content (AvgIpc) is 2.73. The van der Waals surface area contributed by atoms with Gasteiger partial charge < -0.3 is 4.74 Å². The van der Waals surface area contributed by atoms with E-state index in [-0.39, 0.29) is 5.78 Å². The molecule has 0 aromatic heterocycles. The van der Waals surface area contributed by atoms with Gasteiger partial charge in [-0.25, -0.2) is 4.79 Å². The summed E-state index contributed by atoms with van der Waals surface area (Å²) in [6.07, 6.45) is 6.26. The van der Waals surface area contributed by atoms with Crippen molar-refractivity contribution in [2.75, 3.05) is 0 Å². The van der Waals surface area contributed by atoms with Gasteiger partial charge in [0.25, 0.3) is 0 Å². The molecular weight excluding hydrogens is 372 g/mol. The molecule has 0 bridgehead atoms. The quantitative estimate of drug-likeness (QED) is 0.230. The van der Waals surface area contributed by atoms with E-state index in [2.05, 4.69) is 0 Å². The van der Waals surface area contributed by atoms with Crippen molar-refractivity contribution in [3.8, 4) is 5.75 Å². The second-order valence-corrected chi connectivity index (χ2v) is 6.38. The van der Waals surface area contributed by atoms with Gasteiger partial charge in [0.2, 0.25) is 0 Å². The molecule has 3 aromatic rings. The molecule has 3 nitrogen and oxygen atoms in total. The minimum absolute atomic E-state index is 0.142. The highest BCUT2D eigenvalue weighted by atomic mass is 35.5. The van der Waals surface area contributed by atoms with Crippen molar-refractivity contribution >= 4 is 35.5 Å². The summed E-state index contributed by atoms with van der Waals surface area (Å²) in [7, 11) is 0. The van der Waals surface area contributed by atoms with Crippen LogP contribution in [0.4, 0.5) is 0 Å². The molecule has 3 aromatic carbocycles. The first kappa shape index (κ1) is 19.3. The van der Waals surface area contributed by atoms with Crippen molar-refractivity contribution < 1.29 is 14.3 Å². The molecule has 0 saturated carbocycles. The summed E-state index contributed by atoms with van der Waals surface area (Å²) in [5, 5.41) is 0.646. The number of halogens is 1. The van der Waals surface area contributed by atoms with Crippen LogP contribution in [0.25, 0.3) is 12.2 Å². The second-order valence-electron chi connectivity index (χ2n) is 5.94. The lowest BCUT2D eigenvalue weighted by Gasteiger charge is -2.02. The van der Waals surface area contributed by atoms with Crippen molar-refractivity contribution in [1.82, 2.24) is 0 Å². The van der Waals surface area contributed by atoms with E-state index in [4.69, 9.17) is 16.3 Å². The molecule has 3 rings (SSSR count). The molecule has 0 spiro atoms. The molecule has 0 heterocycles. The first-order valence-electron chi connectivity index (χ1n) is 8.63. The zero-order valence-corrected chi connectivity index (χ0v) is 15.7. The van der Waals surface area contributed by atoms with Gasteiger partial charge in [-0.2, -0.15) is 0 Å². The van der Waals surface area contributed by atoms with Gasteiger partial charge in [0.15, 0.2) is 5.78 Å². The highest BCUT2D eigenvalue weighted by Crippen LogP contribution is 2.15. The fourth-order valence-corrected chi connectivity index (χ4v) is 2.53. The van der Waals surface area contributed by atoms with Crippen LogP contribution in [0.5, 0.6) is 5.75 Å². The maximum atomic E-state index is 12.2. The Bertz CT molecular complexity index is 1000. The smallest absolute Gasteiger partial charge is 0.336 e. The summed E-state index contributed by atoms with van der Waals surface area (Å²) in [6.45, 7) is 0. The Balaban J connectivity index is 1.58. The van der Waals surface area contributed by atoms with Crippen LogP contribution in [0.2, 0.25) is 5.02 Å². The molecule has 28 heavy (non-hydrogen) atoms. The van der Waals surface area contributed by atoms with E-state index in [1.54, 1.807) is 48.6 Å². The lowest BCUT2D eigenvalue weighted by atomic mass is 10.1. The molecule has 0 N–H and O–H groups in total. The average molecular weight is 389 g/mol. The minimum atomic E-state index is -0.481. The number of hydrogen-bond donors (Lipinski definition) is 0. The Morgan fingerprint density at radius 2 is 1.32 bits per heavy atom. The van der Waals surface area contributed by atoms with E-state index in [9.17, 15) is 9.59 Å². The van der Waals surface area contributed by atoms with Gasteiger partial charge in [0.1, 0.15) is 5.75 Å². The number of esters is 1. The third-order valence-corrected chi connectivity index (χ3v) is 4.12. The summed E-state index contributed by atoms with van der Waals surface area (Å²) < 4.78 is 5.24. The van der Waals surface area contributed by atoms with Crippen molar-refractivity contribution in [3.05, 3.63) is 113 Å². The standard InChI is InChI=1S/C24H17ClO3/c25-21-12-6-19(7-13-21)8-16-23(26)20-10-14-22(15-11-20)28-24(27)17-9-18-4-2-1-3-5-18/h1-17H/b16-8-,17-9+. The van der Waals surface area contributed by atoms with Crippen LogP contribution in [0.3, 0.4) is 0 Å². The van der Waals surface area contributed by atoms with Crippen LogP contribution in [0.1, 0.15) is 21.5 Å². The lowest BCUT2D eigenvalue weighted by molar-refractivity contribution is -0.128. The molecule has 0 atom stereocenters. The number of allylic oxidation sites excluding steroid dienone is 1. The van der Waals surface area contributed by atoms with E-state index in [0.717, 1.165) is 11.1 Å². The van der Waals surface area contributed by atoms with Crippen LogP contribution >= 0.6 is 11.6 Å². The van der Waals surface area contributed by atoms with Gasteiger partial charge in [0.05, 0.1) is 0 Å². The molecule has 0 unspecified atom stereocenters. The van der Waals surface area contributed by atoms with Crippen molar-refractivity contribution in [1.29, 1.82) is 0 Å². The normalized spacial score (nSPS) is 11.0. The van der Waals surface area contributed by atoms with E-state index >= 15 is 0 Å². The molecule has 138 valence electrons. The zero-order chi connectivity index (χ0) is 19.8. The van der Waals surface area contributed by atoms with Crippen LogP contribution < -0.4 is 4.74 Å². The molecule has 0 saturated heterocycles. The Kier molecular flexibility index (Phi) is 6.55. The molecule has 0 amide bonds. The third kappa shape index (κ3) is 5.79. The largest absolute Gasteiger partial charge is 0.423 e. The lowest BCUT2D eigenvalue weighted by Crippen LogP contribution is -2.04. The number of ketones is 1. The number of benzene rings is 3. The first-order valence-corrected chi connectivity index (χ1v) is 9.01. The fraction of sp³-hybridized carbons (Fsp3) is 0. The van der Waals surface area contributed by atoms with Crippen LogP contribution in [-0.4, -0.2) is 11.8 Å². The summed E-state index contributed by atoms with van der Waals surface area (Å²) >= 11 is 5.84. The Morgan fingerprint density at radius 3 is 2.00 bits per heavy atom. The van der Waals surface area contributed by atoms with Crippen molar-refractivity contribution in [3.63, 3.8) is 0 Å². The van der Waals surface area contributed by atoms with Crippen molar-refractivity contribution in [2.24, 2.45) is 0 Å². The number of hydrogen-bond acceptors (Lipinski definition) is 3. The second kappa shape index (κ2) is 9.49.